The number of nitrogens with zero attached hydrogens (tertiary/aromatic N) is 2. The number of methoxy groups -OCH3 is 2. The Balaban J connectivity index is 2.34. The minimum Gasteiger partial charge on any atom is -0.495 e. The van der Waals surface area contributed by atoms with Crippen molar-refractivity contribution in [3.05, 3.63) is 34.2 Å². The van der Waals surface area contributed by atoms with E-state index in [4.69, 9.17) is 29.3 Å². The van der Waals surface area contributed by atoms with Crippen molar-refractivity contribution in [1.29, 1.82) is 5.26 Å². The summed E-state index contributed by atoms with van der Waals surface area (Å²) in [5.74, 6) is 0.521. The highest BCUT2D eigenvalue weighted by atomic mass is 16.5. The Morgan fingerprint density at radius 3 is 2.64 bits per heavy atom. The Morgan fingerprint density at radius 1 is 1.20 bits per heavy atom. The Morgan fingerprint density at radius 2 is 1.96 bits per heavy atom. The molecule has 8 nitrogen and oxygen atoms in total. The number of ether oxygens (including phenoxy) is 2. The maximum atomic E-state index is 13.1. The summed E-state index contributed by atoms with van der Waals surface area (Å²) in [6, 6.07) is 4.92. The van der Waals surface area contributed by atoms with Crippen LogP contribution in [0.4, 0.5) is 5.82 Å². The molecule has 1 aromatic carbocycles. The van der Waals surface area contributed by atoms with Crippen molar-refractivity contribution in [3.63, 3.8) is 0 Å². The van der Waals surface area contributed by atoms with Crippen molar-refractivity contribution < 1.29 is 18.3 Å². The molecule has 0 fully saturated rings. The van der Waals surface area contributed by atoms with E-state index < -0.39 is 5.43 Å². The molecule has 0 atom stereocenters. The predicted molar refractivity (Wildman–Crippen MR) is 89.8 cm³/mol. The van der Waals surface area contributed by atoms with E-state index in [0.717, 1.165) is 0 Å². The van der Waals surface area contributed by atoms with Crippen LogP contribution in [-0.2, 0) is 0 Å². The lowest BCUT2D eigenvalue weighted by Gasteiger charge is -2.11. The van der Waals surface area contributed by atoms with Crippen molar-refractivity contribution >= 4 is 38.9 Å². The quantitative estimate of drug-likeness (QED) is 0.553. The number of hydrogen-bond donors (Lipinski definition) is 1. The van der Waals surface area contributed by atoms with E-state index in [1.54, 1.807) is 6.07 Å². The van der Waals surface area contributed by atoms with Gasteiger partial charge in [0.15, 0.2) is 11.2 Å². The summed E-state index contributed by atoms with van der Waals surface area (Å²) >= 11 is 0. The fourth-order valence-electron chi connectivity index (χ4n) is 2.89. The first-order valence-electron chi connectivity index (χ1n) is 7.19. The number of nitrogens with two attached hydrogens (primary N) is 1. The highest BCUT2D eigenvalue weighted by Gasteiger charge is 2.24. The molecular weight excluding hydrogens is 326 g/mol. The van der Waals surface area contributed by atoms with Gasteiger partial charge in [-0.05, 0) is 12.1 Å². The molecule has 4 aromatic rings. The SMILES string of the molecule is COc1c2occc2c(OC)c2c(=O)c3cc(C#N)c(N)nc3oc12. The normalized spacial score (nSPS) is 11.1. The third-order valence-electron chi connectivity index (χ3n) is 3.99. The number of aromatic nitrogens is 1. The second-order valence-corrected chi connectivity index (χ2v) is 5.25. The third-order valence-corrected chi connectivity index (χ3v) is 3.99. The topological polar surface area (TPSA) is 125 Å². The predicted octanol–water partition coefficient (Wildman–Crippen LogP) is 2.56. The number of nitrogen functional groups attached to an aromatic ring is 1. The summed E-state index contributed by atoms with van der Waals surface area (Å²) in [5, 5.41) is 9.99. The zero-order valence-electron chi connectivity index (χ0n) is 13.2. The van der Waals surface area contributed by atoms with Gasteiger partial charge in [-0.3, -0.25) is 4.79 Å². The van der Waals surface area contributed by atoms with E-state index in [-0.39, 0.29) is 39.2 Å². The van der Waals surface area contributed by atoms with Crippen LogP contribution < -0.4 is 20.6 Å². The van der Waals surface area contributed by atoms with Gasteiger partial charge in [-0.1, -0.05) is 0 Å². The van der Waals surface area contributed by atoms with Crippen LogP contribution in [0.15, 0.2) is 32.0 Å². The first-order chi connectivity index (χ1) is 12.1. The first-order valence-corrected chi connectivity index (χ1v) is 7.19. The van der Waals surface area contributed by atoms with Crippen LogP contribution in [0.25, 0.3) is 33.0 Å². The molecule has 0 bridgehead atoms. The molecule has 0 aliphatic carbocycles. The largest absolute Gasteiger partial charge is 0.495 e. The van der Waals surface area contributed by atoms with E-state index in [9.17, 15) is 4.79 Å². The minimum absolute atomic E-state index is 0.000240. The number of hydrogen-bond acceptors (Lipinski definition) is 8. The molecular formula is C17H11N3O5. The van der Waals surface area contributed by atoms with Gasteiger partial charge in [-0.2, -0.15) is 10.2 Å². The minimum atomic E-state index is -0.404. The van der Waals surface area contributed by atoms with E-state index in [1.165, 1.54) is 26.5 Å². The second-order valence-electron chi connectivity index (χ2n) is 5.25. The van der Waals surface area contributed by atoms with Gasteiger partial charge in [0.05, 0.1) is 36.8 Å². The molecule has 4 rings (SSSR count). The summed E-state index contributed by atoms with van der Waals surface area (Å²) < 4.78 is 22.0. The summed E-state index contributed by atoms with van der Waals surface area (Å²) in [7, 11) is 2.88. The van der Waals surface area contributed by atoms with Gasteiger partial charge in [-0.15, -0.1) is 0 Å². The molecule has 8 heteroatoms. The molecule has 0 amide bonds. The van der Waals surface area contributed by atoms with Crippen LogP contribution in [0.3, 0.4) is 0 Å². The second kappa shape index (κ2) is 5.14. The molecule has 0 spiro atoms. The Labute approximate surface area is 140 Å². The molecule has 0 saturated heterocycles. The maximum Gasteiger partial charge on any atom is 0.232 e. The molecule has 3 heterocycles. The fourth-order valence-corrected chi connectivity index (χ4v) is 2.89. The molecule has 0 radical (unpaired) electrons. The Hall–Kier alpha value is -3.73. The molecule has 0 aliphatic rings. The van der Waals surface area contributed by atoms with Crippen molar-refractivity contribution in [2.24, 2.45) is 0 Å². The molecule has 124 valence electrons. The van der Waals surface area contributed by atoms with Gasteiger partial charge in [0, 0.05) is 0 Å². The molecule has 0 aliphatic heterocycles. The monoisotopic (exact) mass is 337 g/mol. The number of furan rings is 1. The lowest BCUT2D eigenvalue weighted by Crippen LogP contribution is -2.08. The average Bonchev–Trinajstić information content (AvgIpc) is 3.08. The first kappa shape index (κ1) is 14.8. The van der Waals surface area contributed by atoms with Crippen molar-refractivity contribution in [1.82, 2.24) is 4.98 Å². The van der Waals surface area contributed by atoms with E-state index in [0.29, 0.717) is 16.7 Å². The van der Waals surface area contributed by atoms with Crippen LogP contribution in [0, 0.1) is 11.3 Å². The number of anilines is 1. The van der Waals surface area contributed by atoms with Crippen LogP contribution in [-0.4, -0.2) is 19.2 Å². The van der Waals surface area contributed by atoms with Gasteiger partial charge in [0.2, 0.25) is 16.9 Å². The number of rotatable bonds is 2. The van der Waals surface area contributed by atoms with Gasteiger partial charge in [0.1, 0.15) is 23.0 Å². The Bertz CT molecular complexity index is 1260. The van der Waals surface area contributed by atoms with Crippen molar-refractivity contribution in [3.8, 4) is 17.6 Å². The van der Waals surface area contributed by atoms with Crippen LogP contribution in [0.1, 0.15) is 5.56 Å². The van der Waals surface area contributed by atoms with Crippen molar-refractivity contribution in [2.75, 3.05) is 20.0 Å². The molecule has 25 heavy (non-hydrogen) atoms. The number of pyridine rings is 1. The Kier molecular flexibility index (Phi) is 3.05. The highest BCUT2D eigenvalue weighted by Crippen LogP contribution is 2.42. The zero-order chi connectivity index (χ0) is 17.7. The lowest BCUT2D eigenvalue weighted by atomic mass is 10.1. The van der Waals surface area contributed by atoms with Gasteiger partial charge < -0.3 is 24.0 Å². The standard InChI is InChI=1S/C17H11N3O5/c1-22-12-8-3-4-24-13(8)15(23-2)14-10(12)11(21)9-5-7(6-18)16(19)20-17(9)25-14/h3-5H,1-2H3,(H2,19,20). The summed E-state index contributed by atoms with van der Waals surface area (Å²) in [4.78, 5) is 17.1. The van der Waals surface area contributed by atoms with Crippen molar-refractivity contribution in [2.45, 2.75) is 0 Å². The fraction of sp³-hybridized carbons (Fsp3) is 0.118. The van der Waals surface area contributed by atoms with E-state index in [1.807, 2.05) is 6.07 Å². The molecule has 0 saturated carbocycles. The molecule has 3 aromatic heterocycles. The lowest BCUT2D eigenvalue weighted by molar-refractivity contribution is 0.402. The van der Waals surface area contributed by atoms with E-state index in [2.05, 4.69) is 4.98 Å². The van der Waals surface area contributed by atoms with Crippen LogP contribution in [0.5, 0.6) is 11.5 Å². The number of fused-ring (bicyclic) bond motifs is 3. The average molecular weight is 337 g/mol. The van der Waals surface area contributed by atoms with Crippen LogP contribution >= 0.6 is 0 Å². The summed E-state index contributed by atoms with van der Waals surface area (Å²) in [6.07, 6.45) is 1.46. The number of nitriles is 1. The smallest absolute Gasteiger partial charge is 0.232 e. The highest BCUT2D eigenvalue weighted by molar-refractivity contribution is 6.08. The molecule has 0 unspecified atom stereocenters. The van der Waals surface area contributed by atoms with Gasteiger partial charge in [-0.25, -0.2) is 0 Å². The van der Waals surface area contributed by atoms with Gasteiger partial charge >= 0.3 is 0 Å². The van der Waals surface area contributed by atoms with Crippen LogP contribution in [0.2, 0.25) is 0 Å². The van der Waals surface area contributed by atoms with Gasteiger partial charge in [0.25, 0.3) is 0 Å². The molecule has 2 N–H and O–H groups in total. The maximum absolute atomic E-state index is 13.1. The van der Waals surface area contributed by atoms with E-state index >= 15 is 0 Å². The summed E-state index contributed by atoms with van der Waals surface area (Å²) in [5.41, 5.74) is 5.93. The number of benzene rings is 1. The zero-order valence-corrected chi connectivity index (χ0v) is 13.2. The third kappa shape index (κ3) is 1.86. The summed E-state index contributed by atoms with van der Waals surface area (Å²) in [6.45, 7) is 0.